The SMILES string of the molecule is Cc1nnc(N2CCn3cnnc3C2)c(C(=N)N)c1C. The smallest absolute Gasteiger partial charge is 0.163 e. The molecule has 0 spiro atoms. The van der Waals surface area contributed by atoms with Crippen molar-refractivity contribution in [3.05, 3.63) is 29.0 Å². The zero-order chi connectivity index (χ0) is 14.3. The lowest BCUT2D eigenvalue weighted by molar-refractivity contribution is 0.553. The molecular weight excluding hydrogens is 256 g/mol. The van der Waals surface area contributed by atoms with Gasteiger partial charge in [-0.1, -0.05) is 0 Å². The molecule has 0 bridgehead atoms. The fraction of sp³-hybridized carbons (Fsp3) is 0.417. The van der Waals surface area contributed by atoms with Gasteiger partial charge in [0.15, 0.2) is 11.6 Å². The quantitative estimate of drug-likeness (QED) is 0.587. The van der Waals surface area contributed by atoms with Crippen LogP contribution in [0.1, 0.15) is 22.6 Å². The highest BCUT2D eigenvalue weighted by atomic mass is 15.3. The predicted octanol–water partition coefficient (Wildman–Crippen LogP) is -0.0108. The Morgan fingerprint density at radius 2 is 2.05 bits per heavy atom. The monoisotopic (exact) mass is 272 g/mol. The molecule has 2 aromatic heterocycles. The maximum Gasteiger partial charge on any atom is 0.163 e. The van der Waals surface area contributed by atoms with E-state index in [0.717, 1.165) is 30.2 Å². The number of hydrogen-bond donors (Lipinski definition) is 2. The molecule has 3 rings (SSSR count). The van der Waals surface area contributed by atoms with Gasteiger partial charge in [-0.25, -0.2) is 0 Å². The summed E-state index contributed by atoms with van der Waals surface area (Å²) in [6, 6.07) is 0. The van der Waals surface area contributed by atoms with Crippen molar-refractivity contribution in [2.45, 2.75) is 26.9 Å². The Balaban J connectivity index is 2.03. The van der Waals surface area contributed by atoms with Crippen molar-refractivity contribution in [2.75, 3.05) is 11.4 Å². The molecule has 1 aliphatic heterocycles. The standard InChI is InChI=1S/C12H16N8/c1-7-8(2)16-18-12(10(7)11(13)14)19-3-4-20-6-15-17-9(20)5-19/h6H,3-5H2,1-2H3,(H3,13,14). The molecule has 0 saturated heterocycles. The van der Waals surface area contributed by atoms with Crippen LogP contribution in [-0.2, 0) is 13.1 Å². The Kier molecular flexibility index (Phi) is 2.85. The van der Waals surface area contributed by atoms with Crippen LogP contribution in [0.25, 0.3) is 0 Å². The van der Waals surface area contributed by atoms with Crippen molar-refractivity contribution in [3.8, 4) is 0 Å². The van der Waals surface area contributed by atoms with Crippen molar-refractivity contribution >= 4 is 11.7 Å². The van der Waals surface area contributed by atoms with Gasteiger partial charge < -0.3 is 15.2 Å². The second-order valence-electron chi connectivity index (χ2n) is 4.88. The molecule has 0 fully saturated rings. The van der Waals surface area contributed by atoms with E-state index in [1.54, 1.807) is 6.33 Å². The molecule has 3 N–H and O–H groups in total. The van der Waals surface area contributed by atoms with Gasteiger partial charge in [-0.05, 0) is 19.4 Å². The molecule has 3 heterocycles. The number of nitrogen functional groups attached to an aromatic ring is 1. The van der Waals surface area contributed by atoms with E-state index in [2.05, 4.69) is 20.4 Å². The average Bonchev–Trinajstić information content (AvgIpc) is 2.88. The number of aryl methyl sites for hydroxylation is 1. The van der Waals surface area contributed by atoms with Crippen molar-refractivity contribution in [2.24, 2.45) is 5.73 Å². The van der Waals surface area contributed by atoms with Gasteiger partial charge in [0.2, 0.25) is 0 Å². The van der Waals surface area contributed by atoms with Crippen LogP contribution in [0.2, 0.25) is 0 Å². The van der Waals surface area contributed by atoms with Gasteiger partial charge in [0, 0.05) is 13.1 Å². The highest BCUT2D eigenvalue weighted by Gasteiger charge is 2.24. The van der Waals surface area contributed by atoms with E-state index in [1.165, 1.54) is 0 Å². The second kappa shape index (κ2) is 4.55. The van der Waals surface area contributed by atoms with Crippen LogP contribution in [0, 0.1) is 19.3 Å². The number of fused-ring (bicyclic) bond motifs is 1. The first kappa shape index (κ1) is 12.5. The molecule has 0 aliphatic carbocycles. The fourth-order valence-corrected chi connectivity index (χ4v) is 2.39. The molecule has 20 heavy (non-hydrogen) atoms. The Bertz CT molecular complexity index is 674. The molecule has 2 aromatic rings. The summed E-state index contributed by atoms with van der Waals surface area (Å²) in [6.07, 6.45) is 1.73. The van der Waals surface area contributed by atoms with Gasteiger partial charge in [0.25, 0.3) is 0 Å². The topological polar surface area (TPSA) is 110 Å². The van der Waals surface area contributed by atoms with E-state index in [0.29, 0.717) is 17.9 Å². The number of rotatable bonds is 2. The third-order valence-corrected chi connectivity index (χ3v) is 3.64. The molecular formula is C12H16N8. The van der Waals surface area contributed by atoms with Gasteiger partial charge in [-0.3, -0.25) is 5.41 Å². The highest BCUT2D eigenvalue weighted by molar-refractivity contribution is 6.01. The Morgan fingerprint density at radius 3 is 2.80 bits per heavy atom. The molecule has 104 valence electrons. The summed E-state index contributed by atoms with van der Waals surface area (Å²) in [5, 5.41) is 24.2. The van der Waals surface area contributed by atoms with Crippen LogP contribution >= 0.6 is 0 Å². The first-order chi connectivity index (χ1) is 9.58. The third-order valence-electron chi connectivity index (χ3n) is 3.64. The number of nitrogens with one attached hydrogen (secondary N) is 1. The first-order valence-corrected chi connectivity index (χ1v) is 6.38. The molecule has 0 unspecified atom stereocenters. The molecule has 0 amide bonds. The molecule has 0 atom stereocenters. The minimum absolute atomic E-state index is 0.0162. The summed E-state index contributed by atoms with van der Waals surface area (Å²) < 4.78 is 2.01. The number of hydrogen-bond acceptors (Lipinski definition) is 6. The van der Waals surface area contributed by atoms with Crippen molar-refractivity contribution < 1.29 is 0 Å². The van der Waals surface area contributed by atoms with Crippen LogP contribution in [0.5, 0.6) is 0 Å². The number of nitrogens with two attached hydrogens (primary N) is 1. The lowest BCUT2D eigenvalue weighted by Gasteiger charge is -2.29. The summed E-state index contributed by atoms with van der Waals surface area (Å²) >= 11 is 0. The summed E-state index contributed by atoms with van der Waals surface area (Å²) in [5.41, 5.74) is 8.07. The van der Waals surface area contributed by atoms with Crippen molar-refractivity contribution in [3.63, 3.8) is 0 Å². The Morgan fingerprint density at radius 1 is 1.25 bits per heavy atom. The average molecular weight is 272 g/mol. The minimum Gasteiger partial charge on any atom is -0.384 e. The largest absolute Gasteiger partial charge is 0.384 e. The Hall–Kier alpha value is -2.51. The van der Waals surface area contributed by atoms with Crippen molar-refractivity contribution in [1.82, 2.24) is 25.0 Å². The molecule has 1 aliphatic rings. The maximum absolute atomic E-state index is 7.80. The van der Waals surface area contributed by atoms with Gasteiger partial charge in [-0.15, -0.1) is 15.3 Å². The van der Waals surface area contributed by atoms with Gasteiger partial charge >= 0.3 is 0 Å². The van der Waals surface area contributed by atoms with E-state index >= 15 is 0 Å². The van der Waals surface area contributed by atoms with Crippen LogP contribution in [0.15, 0.2) is 6.33 Å². The molecule has 0 radical (unpaired) electrons. The van der Waals surface area contributed by atoms with Crippen LogP contribution in [-0.4, -0.2) is 37.3 Å². The van der Waals surface area contributed by atoms with E-state index in [4.69, 9.17) is 11.1 Å². The second-order valence-corrected chi connectivity index (χ2v) is 4.88. The minimum atomic E-state index is 0.0162. The molecule has 0 saturated carbocycles. The van der Waals surface area contributed by atoms with Crippen LogP contribution in [0.4, 0.5) is 5.82 Å². The Labute approximate surface area is 116 Å². The van der Waals surface area contributed by atoms with Gasteiger partial charge in [0.1, 0.15) is 12.2 Å². The summed E-state index contributed by atoms with van der Waals surface area (Å²) in [4.78, 5) is 2.04. The lowest BCUT2D eigenvalue weighted by atomic mass is 10.1. The zero-order valence-corrected chi connectivity index (χ0v) is 11.5. The summed E-state index contributed by atoms with van der Waals surface area (Å²) in [5.74, 6) is 1.54. The maximum atomic E-state index is 7.80. The number of nitrogens with zero attached hydrogens (tertiary/aromatic N) is 6. The van der Waals surface area contributed by atoms with Gasteiger partial charge in [0.05, 0.1) is 17.8 Å². The fourth-order valence-electron chi connectivity index (χ4n) is 2.39. The van der Waals surface area contributed by atoms with Crippen LogP contribution < -0.4 is 10.6 Å². The molecule has 0 aromatic carbocycles. The summed E-state index contributed by atoms with van der Waals surface area (Å²) in [7, 11) is 0. The van der Waals surface area contributed by atoms with Crippen molar-refractivity contribution in [1.29, 1.82) is 5.41 Å². The first-order valence-electron chi connectivity index (χ1n) is 6.38. The van der Waals surface area contributed by atoms with E-state index in [9.17, 15) is 0 Å². The third kappa shape index (κ3) is 1.89. The molecule has 8 nitrogen and oxygen atoms in total. The predicted molar refractivity (Wildman–Crippen MR) is 73.6 cm³/mol. The summed E-state index contributed by atoms with van der Waals surface area (Å²) in [6.45, 7) is 5.93. The van der Waals surface area contributed by atoms with Crippen LogP contribution in [0.3, 0.4) is 0 Å². The number of amidine groups is 1. The highest BCUT2D eigenvalue weighted by Crippen LogP contribution is 2.24. The number of aromatic nitrogens is 5. The van der Waals surface area contributed by atoms with Gasteiger partial charge in [-0.2, -0.15) is 5.10 Å². The van der Waals surface area contributed by atoms with E-state index in [-0.39, 0.29) is 5.84 Å². The van der Waals surface area contributed by atoms with E-state index in [1.807, 2.05) is 23.3 Å². The zero-order valence-electron chi connectivity index (χ0n) is 11.5. The lowest BCUT2D eigenvalue weighted by Crippen LogP contribution is -2.36. The van der Waals surface area contributed by atoms with E-state index < -0.39 is 0 Å². The molecule has 8 heteroatoms. The number of anilines is 1. The normalized spacial score (nSPS) is 14.2.